The Kier molecular flexibility index (Phi) is 6.33. The van der Waals surface area contributed by atoms with Gasteiger partial charge in [-0.05, 0) is 35.7 Å². The van der Waals surface area contributed by atoms with E-state index in [4.69, 9.17) is 0 Å². The molecule has 0 fully saturated rings. The fourth-order valence-corrected chi connectivity index (χ4v) is 3.10. The highest BCUT2D eigenvalue weighted by Crippen LogP contribution is 2.38. The predicted octanol–water partition coefficient (Wildman–Crippen LogP) is 6.06. The van der Waals surface area contributed by atoms with Crippen molar-refractivity contribution in [3.05, 3.63) is 76.0 Å². The van der Waals surface area contributed by atoms with Crippen LogP contribution in [0.4, 0.5) is 42.0 Å². The van der Waals surface area contributed by atoms with Gasteiger partial charge in [-0.2, -0.15) is 18.2 Å². The number of non-ortho nitro benzene ring substituents is 1. The highest BCUT2D eigenvalue weighted by atomic mass is 19.4. The van der Waals surface area contributed by atoms with Gasteiger partial charge in [0.1, 0.15) is 5.56 Å². The number of nitro benzene ring substituents is 1. The van der Waals surface area contributed by atoms with Crippen LogP contribution in [0.3, 0.4) is 0 Å². The van der Waals surface area contributed by atoms with Crippen molar-refractivity contribution >= 4 is 28.8 Å². The fraction of sp³-hybridized carbons (Fsp3) is 0.273. The maximum absolute atomic E-state index is 13.7. The molecule has 32 heavy (non-hydrogen) atoms. The molecule has 0 radical (unpaired) electrons. The summed E-state index contributed by atoms with van der Waals surface area (Å²) in [7, 11) is 3.09. The summed E-state index contributed by atoms with van der Waals surface area (Å²) < 4.78 is 41.0. The van der Waals surface area contributed by atoms with Crippen molar-refractivity contribution in [2.45, 2.75) is 25.9 Å². The van der Waals surface area contributed by atoms with Gasteiger partial charge in [0.25, 0.3) is 5.69 Å². The Morgan fingerprint density at radius 3 is 1.97 bits per heavy atom. The Balaban J connectivity index is 2.02. The average Bonchev–Trinajstić information content (AvgIpc) is 2.77. The van der Waals surface area contributed by atoms with Crippen LogP contribution in [-0.2, 0) is 6.18 Å². The van der Waals surface area contributed by atoms with Crippen LogP contribution in [0.25, 0.3) is 0 Å². The summed E-state index contributed by atoms with van der Waals surface area (Å²) in [6.07, 6.45) is -3.93. The summed E-state index contributed by atoms with van der Waals surface area (Å²) in [6, 6.07) is 12.8. The summed E-state index contributed by atoms with van der Waals surface area (Å²) in [5, 5.41) is 10.9. The second kappa shape index (κ2) is 8.81. The zero-order valence-electron chi connectivity index (χ0n) is 18.0. The van der Waals surface area contributed by atoms with Crippen LogP contribution in [0.1, 0.15) is 30.9 Å². The van der Waals surface area contributed by atoms with E-state index in [9.17, 15) is 23.3 Å². The molecule has 1 heterocycles. The molecule has 0 saturated heterocycles. The summed E-state index contributed by atoms with van der Waals surface area (Å²) in [5.74, 6) is 0.0692. The van der Waals surface area contributed by atoms with Gasteiger partial charge in [-0.15, -0.1) is 0 Å². The first kappa shape index (κ1) is 23.0. The smallest absolute Gasteiger partial charge is 0.329 e. The van der Waals surface area contributed by atoms with Gasteiger partial charge in [0, 0.05) is 43.8 Å². The predicted molar refractivity (Wildman–Crippen MR) is 117 cm³/mol. The molecule has 10 heteroatoms. The number of alkyl halides is 3. The van der Waals surface area contributed by atoms with Gasteiger partial charge in [0.15, 0.2) is 5.82 Å². The van der Waals surface area contributed by atoms with Crippen LogP contribution in [0, 0.1) is 10.1 Å². The van der Waals surface area contributed by atoms with Crippen LogP contribution < -0.4 is 9.80 Å². The third-order valence-electron chi connectivity index (χ3n) is 5.07. The van der Waals surface area contributed by atoms with Gasteiger partial charge in [0.2, 0.25) is 5.95 Å². The molecule has 1 aromatic heterocycles. The molecule has 0 saturated carbocycles. The van der Waals surface area contributed by atoms with Crippen LogP contribution >= 0.6 is 0 Å². The van der Waals surface area contributed by atoms with Crippen LogP contribution in [0.5, 0.6) is 0 Å². The average molecular weight is 445 g/mol. The van der Waals surface area contributed by atoms with E-state index in [1.165, 1.54) is 36.2 Å². The lowest BCUT2D eigenvalue weighted by atomic mass is 10.0. The summed E-state index contributed by atoms with van der Waals surface area (Å²) in [6.45, 7) is 4.13. The molecule has 7 nitrogen and oxygen atoms in total. The van der Waals surface area contributed by atoms with Gasteiger partial charge in [-0.1, -0.05) is 26.0 Å². The quantitative estimate of drug-likeness (QED) is 0.339. The minimum atomic E-state index is -4.68. The van der Waals surface area contributed by atoms with Crippen molar-refractivity contribution in [3.8, 4) is 0 Å². The van der Waals surface area contributed by atoms with Crippen molar-refractivity contribution in [1.29, 1.82) is 0 Å². The lowest BCUT2D eigenvalue weighted by molar-refractivity contribution is -0.384. The standard InChI is InChI=1S/C22H22F3N5O2/c1-14(2)15-5-7-17(8-6-15)29(4)21-26-13-19(22(23,24)25)20(27-21)28(3)16-9-11-18(12-10-16)30(31)32/h5-14H,1-4H3. The number of halogens is 3. The number of hydrogen-bond donors (Lipinski definition) is 0. The van der Waals surface area contributed by atoms with E-state index in [-0.39, 0.29) is 17.5 Å². The second-order valence-corrected chi connectivity index (χ2v) is 7.54. The Hall–Kier alpha value is -3.69. The summed E-state index contributed by atoms with van der Waals surface area (Å²) in [4.78, 5) is 21.2. The van der Waals surface area contributed by atoms with Crippen molar-refractivity contribution < 1.29 is 18.1 Å². The molecular weight excluding hydrogens is 423 g/mol. The molecule has 3 rings (SSSR count). The zero-order valence-corrected chi connectivity index (χ0v) is 18.0. The molecule has 0 spiro atoms. The zero-order chi connectivity index (χ0) is 23.6. The molecule has 3 aromatic rings. The number of nitro groups is 1. The first-order valence-corrected chi connectivity index (χ1v) is 9.75. The highest BCUT2D eigenvalue weighted by Gasteiger charge is 2.37. The van der Waals surface area contributed by atoms with Crippen molar-refractivity contribution in [2.75, 3.05) is 23.9 Å². The number of aromatic nitrogens is 2. The van der Waals surface area contributed by atoms with E-state index in [1.54, 1.807) is 11.9 Å². The first-order valence-electron chi connectivity index (χ1n) is 9.75. The lowest BCUT2D eigenvalue weighted by Gasteiger charge is -2.25. The number of anilines is 4. The van der Waals surface area contributed by atoms with Gasteiger partial charge in [-0.25, -0.2) is 4.98 Å². The van der Waals surface area contributed by atoms with Crippen molar-refractivity contribution in [2.24, 2.45) is 0 Å². The molecule has 0 aliphatic heterocycles. The van der Waals surface area contributed by atoms with Crippen LogP contribution in [0.2, 0.25) is 0 Å². The highest BCUT2D eigenvalue weighted by molar-refractivity contribution is 5.66. The Labute approximate surface area is 183 Å². The Morgan fingerprint density at radius 1 is 0.938 bits per heavy atom. The molecular formula is C22H22F3N5O2. The van der Waals surface area contributed by atoms with E-state index in [0.29, 0.717) is 11.6 Å². The van der Waals surface area contributed by atoms with E-state index >= 15 is 0 Å². The number of rotatable bonds is 6. The molecule has 0 amide bonds. The molecule has 0 bridgehead atoms. The van der Waals surface area contributed by atoms with Gasteiger partial charge in [-0.3, -0.25) is 10.1 Å². The van der Waals surface area contributed by atoms with E-state index in [2.05, 4.69) is 23.8 Å². The number of hydrogen-bond acceptors (Lipinski definition) is 6. The lowest BCUT2D eigenvalue weighted by Crippen LogP contribution is -2.21. The largest absolute Gasteiger partial charge is 0.421 e. The minimum Gasteiger partial charge on any atom is -0.329 e. The van der Waals surface area contributed by atoms with Gasteiger partial charge in [0.05, 0.1) is 4.92 Å². The number of nitrogens with zero attached hydrogens (tertiary/aromatic N) is 5. The first-order chi connectivity index (χ1) is 15.0. The third kappa shape index (κ3) is 4.79. The molecule has 168 valence electrons. The van der Waals surface area contributed by atoms with Crippen molar-refractivity contribution in [3.63, 3.8) is 0 Å². The molecule has 2 aromatic carbocycles. The van der Waals surface area contributed by atoms with E-state index in [1.807, 2.05) is 24.3 Å². The van der Waals surface area contributed by atoms with Crippen LogP contribution in [0.15, 0.2) is 54.7 Å². The van der Waals surface area contributed by atoms with Gasteiger partial charge >= 0.3 is 6.18 Å². The molecule has 0 unspecified atom stereocenters. The SMILES string of the molecule is CC(C)c1ccc(N(C)c2ncc(C(F)(F)F)c(N(C)c3ccc([N+](=O)[O-])cc3)n2)cc1. The van der Waals surface area contributed by atoms with E-state index < -0.39 is 16.7 Å². The fourth-order valence-electron chi connectivity index (χ4n) is 3.10. The normalized spacial score (nSPS) is 11.5. The summed E-state index contributed by atoms with van der Waals surface area (Å²) in [5.41, 5.74) is 0.999. The molecule has 0 atom stereocenters. The number of benzene rings is 2. The van der Waals surface area contributed by atoms with E-state index in [0.717, 1.165) is 17.4 Å². The molecule has 0 aliphatic rings. The topological polar surface area (TPSA) is 75.4 Å². The third-order valence-corrected chi connectivity index (χ3v) is 5.07. The molecule has 0 N–H and O–H groups in total. The minimum absolute atomic E-state index is 0.0825. The maximum Gasteiger partial charge on any atom is 0.421 e. The molecule has 0 aliphatic carbocycles. The van der Waals surface area contributed by atoms with Gasteiger partial charge < -0.3 is 9.80 Å². The monoisotopic (exact) mass is 445 g/mol. The Bertz CT molecular complexity index is 1100. The van der Waals surface area contributed by atoms with Crippen molar-refractivity contribution in [1.82, 2.24) is 9.97 Å². The second-order valence-electron chi connectivity index (χ2n) is 7.54. The Morgan fingerprint density at radius 2 is 1.47 bits per heavy atom. The summed E-state index contributed by atoms with van der Waals surface area (Å²) >= 11 is 0. The van der Waals surface area contributed by atoms with Crippen LogP contribution in [-0.4, -0.2) is 29.0 Å². The maximum atomic E-state index is 13.7.